The lowest BCUT2D eigenvalue weighted by Crippen LogP contribution is -2.48. The topological polar surface area (TPSA) is 63.4 Å². The standard InChI is InChI=1S/C32H42N2O2/c1-24(20-27(31(33)35)22-25-12-4-2-5-13-25)21-28(23-26-14-6-3-7-15-26)32(36)34(29-16-8-9-17-29)30-18-10-11-19-30/h2-7,12-15,27-30H,1,8-11,16-23H2,(H2,33,35). The Labute approximate surface area is 217 Å². The number of hydrogen-bond acceptors (Lipinski definition) is 2. The second kappa shape index (κ2) is 12.9. The van der Waals surface area contributed by atoms with Gasteiger partial charge in [0, 0.05) is 23.9 Å². The summed E-state index contributed by atoms with van der Waals surface area (Å²) < 4.78 is 0. The Balaban J connectivity index is 1.51. The van der Waals surface area contributed by atoms with Crippen molar-refractivity contribution in [1.29, 1.82) is 0 Å². The number of hydrogen-bond donors (Lipinski definition) is 1. The number of carbonyl (C=O) groups excluding carboxylic acids is 2. The molecule has 4 rings (SSSR count). The van der Waals surface area contributed by atoms with Crippen LogP contribution in [0.25, 0.3) is 0 Å². The lowest BCUT2D eigenvalue weighted by Gasteiger charge is -2.37. The summed E-state index contributed by atoms with van der Waals surface area (Å²) in [5, 5.41) is 0. The van der Waals surface area contributed by atoms with Crippen LogP contribution in [0.15, 0.2) is 72.8 Å². The molecule has 2 saturated carbocycles. The summed E-state index contributed by atoms with van der Waals surface area (Å²) in [6.07, 6.45) is 11.8. The van der Waals surface area contributed by atoms with Gasteiger partial charge >= 0.3 is 0 Å². The first-order valence-corrected chi connectivity index (χ1v) is 13.9. The fraction of sp³-hybridized carbons (Fsp3) is 0.500. The lowest BCUT2D eigenvalue weighted by molar-refractivity contribution is -0.140. The molecule has 0 heterocycles. The molecule has 2 atom stereocenters. The van der Waals surface area contributed by atoms with Crippen LogP contribution in [0.5, 0.6) is 0 Å². The van der Waals surface area contributed by atoms with Crippen molar-refractivity contribution in [2.24, 2.45) is 17.6 Å². The van der Waals surface area contributed by atoms with Crippen molar-refractivity contribution < 1.29 is 9.59 Å². The lowest BCUT2D eigenvalue weighted by atomic mass is 9.85. The number of primary amides is 1. The molecule has 2 aromatic rings. The molecule has 0 aliphatic heterocycles. The van der Waals surface area contributed by atoms with Crippen LogP contribution in [0.2, 0.25) is 0 Å². The van der Waals surface area contributed by atoms with Crippen molar-refractivity contribution in [2.75, 3.05) is 0 Å². The zero-order chi connectivity index (χ0) is 25.3. The summed E-state index contributed by atoms with van der Waals surface area (Å²) in [6, 6.07) is 21.1. The number of nitrogens with zero attached hydrogens (tertiary/aromatic N) is 1. The summed E-state index contributed by atoms with van der Waals surface area (Å²) in [6.45, 7) is 4.36. The van der Waals surface area contributed by atoms with Crippen molar-refractivity contribution in [2.45, 2.75) is 89.1 Å². The van der Waals surface area contributed by atoms with Crippen LogP contribution in [-0.4, -0.2) is 28.8 Å². The molecular weight excluding hydrogens is 444 g/mol. The van der Waals surface area contributed by atoms with E-state index < -0.39 is 0 Å². The highest BCUT2D eigenvalue weighted by Gasteiger charge is 2.37. The Morgan fingerprint density at radius 1 is 0.750 bits per heavy atom. The molecule has 4 nitrogen and oxygen atoms in total. The average molecular weight is 487 g/mol. The van der Waals surface area contributed by atoms with Gasteiger partial charge in [0.25, 0.3) is 0 Å². The van der Waals surface area contributed by atoms with Gasteiger partial charge in [-0.05, 0) is 62.5 Å². The van der Waals surface area contributed by atoms with Gasteiger partial charge < -0.3 is 10.6 Å². The van der Waals surface area contributed by atoms with Crippen molar-refractivity contribution in [3.8, 4) is 0 Å². The summed E-state index contributed by atoms with van der Waals surface area (Å²) in [4.78, 5) is 28.9. The van der Waals surface area contributed by atoms with Crippen molar-refractivity contribution in [1.82, 2.24) is 4.90 Å². The molecule has 2 aromatic carbocycles. The molecule has 2 amide bonds. The maximum atomic E-state index is 14.3. The monoisotopic (exact) mass is 486 g/mol. The first kappa shape index (κ1) is 26.2. The Morgan fingerprint density at radius 3 is 1.61 bits per heavy atom. The van der Waals surface area contributed by atoms with E-state index in [9.17, 15) is 9.59 Å². The van der Waals surface area contributed by atoms with Gasteiger partial charge in [0.1, 0.15) is 0 Å². The van der Waals surface area contributed by atoms with Gasteiger partial charge in [0.2, 0.25) is 11.8 Å². The Hall–Kier alpha value is -2.88. The second-order valence-electron chi connectivity index (χ2n) is 11.0. The SMILES string of the molecule is C=C(CC(Cc1ccccc1)C(N)=O)CC(Cc1ccccc1)C(=O)N(C1CCCC1)C1CCCC1. The summed E-state index contributed by atoms with van der Waals surface area (Å²) in [5.74, 6) is -0.485. The molecule has 2 N–H and O–H groups in total. The molecule has 0 radical (unpaired) electrons. The van der Waals surface area contributed by atoms with Crippen molar-refractivity contribution in [3.05, 3.63) is 83.9 Å². The molecule has 36 heavy (non-hydrogen) atoms. The minimum Gasteiger partial charge on any atom is -0.369 e. The smallest absolute Gasteiger partial charge is 0.226 e. The minimum atomic E-state index is -0.312. The number of benzene rings is 2. The number of allylic oxidation sites excluding steroid dienone is 1. The van der Waals surface area contributed by atoms with Crippen LogP contribution in [0.4, 0.5) is 0 Å². The van der Waals surface area contributed by atoms with Gasteiger partial charge in [-0.2, -0.15) is 0 Å². The molecular formula is C32H42N2O2. The average Bonchev–Trinajstić information content (AvgIpc) is 3.60. The highest BCUT2D eigenvalue weighted by molar-refractivity contribution is 5.80. The molecule has 2 aliphatic carbocycles. The number of rotatable bonds is 12. The molecule has 2 aliphatic rings. The van der Waals surface area contributed by atoms with E-state index in [-0.39, 0.29) is 23.7 Å². The summed E-state index contributed by atoms with van der Waals surface area (Å²) in [7, 11) is 0. The van der Waals surface area contributed by atoms with E-state index in [1.165, 1.54) is 31.2 Å². The number of amides is 2. The zero-order valence-corrected chi connectivity index (χ0v) is 21.6. The van der Waals surface area contributed by atoms with Crippen LogP contribution in [-0.2, 0) is 22.4 Å². The van der Waals surface area contributed by atoms with Crippen molar-refractivity contribution >= 4 is 11.8 Å². The van der Waals surface area contributed by atoms with Crippen LogP contribution in [0, 0.1) is 11.8 Å². The van der Waals surface area contributed by atoms with Crippen LogP contribution < -0.4 is 5.73 Å². The molecule has 2 unspecified atom stereocenters. The maximum absolute atomic E-state index is 14.3. The van der Waals surface area contributed by atoms with E-state index in [0.29, 0.717) is 37.8 Å². The van der Waals surface area contributed by atoms with Gasteiger partial charge in [-0.1, -0.05) is 98.5 Å². The van der Waals surface area contributed by atoms with Gasteiger partial charge in [-0.15, -0.1) is 0 Å². The van der Waals surface area contributed by atoms with E-state index in [2.05, 4.69) is 23.6 Å². The fourth-order valence-corrected chi connectivity index (χ4v) is 6.33. The third-order valence-electron chi connectivity index (χ3n) is 8.16. The van der Waals surface area contributed by atoms with Crippen LogP contribution in [0.1, 0.15) is 75.3 Å². The molecule has 0 saturated heterocycles. The van der Waals surface area contributed by atoms with Gasteiger partial charge in [-0.3, -0.25) is 9.59 Å². The zero-order valence-electron chi connectivity index (χ0n) is 21.6. The molecule has 0 aromatic heterocycles. The largest absolute Gasteiger partial charge is 0.369 e. The van der Waals surface area contributed by atoms with E-state index in [1.807, 2.05) is 48.5 Å². The highest BCUT2D eigenvalue weighted by atomic mass is 16.2. The Kier molecular flexibility index (Phi) is 9.38. The van der Waals surface area contributed by atoms with Crippen molar-refractivity contribution in [3.63, 3.8) is 0 Å². The second-order valence-corrected chi connectivity index (χ2v) is 11.0. The highest BCUT2D eigenvalue weighted by Crippen LogP contribution is 2.35. The normalized spacial score (nSPS) is 18.1. The Morgan fingerprint density at radius 2 is 1.17 bits per heavy atom. The summed E-state index contributed by atoms with van der Waals surface area (Å²) >= 11 is 0. The van der Waals surface area contributed by atoms with E-state index in [4.69, 9.17) is 5.73 Å². The van der Waals surface area contributed by atoms with E-state index in [0.717, 1.165) is 36.8 Å². The van der Waals surface area contributed by atoms with Gasteiger partial charge in [0.05, 0.1) is 0 Å². The maximum Gasteiger partial charge on any atom is 0.226 e. The molecule has 0 spiro atoms. The first-order valence-electron chi connectivity index (χ1n) is 13.9. The summed E-state index contributed by atoms with van der Waals surface area (Å²) in [5.41, 5.74) is 9.03. The molecule has 4 heteroatoms. The van der Waals surface area contributed by atoms with Gasteiger partial charge in [-0.25, -0.2) is 0 Å². The third kappa shape index (κ3) is 7.09. The van der Waals surface area contributed by atoms with Crippen LogP contribution >= 0.6 is 0 Å². The Bertz CT molecular complexity index is 975. The molecule has 0 bridgehead atoms. The molecule has 192 valence electrons. The predicted molar refractivity (Wildman–Crippen MR) is 146 cm³/mol. The number of carbonyl (C=O) groups is 2. The quantitative estimate of drug-likeness (QED) is 0.361. The van der Waals surface area contributed by atoms with Crippen LogP contribution in [0.3, 0.4) is 0 Å². The number of nitrogens with two attached hydrogens (primary N) is 1. The third-order valence-corrected chi connectivity index (χ3v) is 8.16. The van der Waals surface area contributed by atoms with E-state index >= 15 is 0 Å². The van der Waals surface area contributed by atoms with E-state index in [1.54, 1.807) is 0 Å². The molecule has 2 fully saturated rings. The first-order chi connectivity index (χ1) is 17.5. The predicted octanol–water partition coefficient (Wildman–Crippen LogP) is 6.24. The van der Waals surface area contributed by atoms with Gasteiger partial charge in [0.15, 0.2) is 0 Å². The minimum absolute atomic E-state index is 0.161. The fourth-order valence-electron chi connectivity index (χ4n) is 6.33.